The maximum Gasteiger partial charge on any atom is 0.261 e. The topological polar surface area (TPSA) is 29.1 Å². The second-order valence-corrected chi connectivity index (χ2v) is 5.88. The van der Waals surface area contributed by atoms with Crippen LogP contribution in [0.15, 0.2) is 6.07 Å². The Morgan fingerprint density at radius 1 is 1.31 bits per heavy atom. The van der Waals surface area contributed by atoms with Crippen LogP contribution in [0.1, 0.15) is 53.2 Å². The van der Waals surface area contributed by atoms with Crippen LogP contribution in [0.4, 0.5) is 0 Å². The Morgan fingerprint density at radius 2 is 2.06 bits per heavy atom. The third-order valence-electron chi connectivity index (χ3n) is 2.89. The van der Waals surface area contributed by atoms with Gasteiger partial charge < -0.3 is 5.32 Å². The molecule has 1 aromatic rings. The number of hydrogen-bond donors (Lipinski definition) is 1. The fourth-order valence-corrected chi connectivity index (χ4v) is 3.27. The molecule has 1 heterocycles. The van der Waals surface area contributed by atoms with Gasteiger partial charge in [-0.15, -0.1) is 11.3 Å². The number of thiophene rings is 1. The lowest BCUT2D eigenvalue weighted by atomic mass is 10.1. The molecular formula is C13H19NOS. The standard InChI is InChI=1S/C13H19NOS/c1-9(2)14-13(15)12-8-10-6-4-3-5-7-11(10)16-12/h8-9H,3-7H2,1-2H3,(H,14,15). The molecule has 1 aliphatic carbocycles. The molecule has 3 heteroatoms. The fraction of sp³-hybridized carbons (Fsp3) is 0.615. The zero-order valence-corrected chi connectivity index (χ0v) is 10.8. The summed E-state index contributed by atoms with van der Waals surface area (Å²) in [4.78, 5) is 14.2. The molecular weight excluding hydrogens is 218 g/mol. The highest BCUT2D eigenvalue weighted by molar-refractivity contribution is 7.14. The second-order valence-electron chi connectivity index (χ2n) is 4.75. The van der Waals surface area contributed by atoms with E-state index in [0.29, 0.717) is 0 Å². The van der Waals surface area contributed by atoms with Crippen molar-refractivity contribution in [3.63, 3.8) is 0 Å². The van der Waals surface area contributed by atoms with E-state index in [2.05, 4.69) is 11.4 Å². The Hall–Kier alpha value is -0.830. The zero-order chi connectivity index (χ0) is 11.5. The van der Waals surface area contributed by atoms with Crippen molar-refractivity contribution in [1.82, 2.24) is 5.32 Å². The van der Waals surface area contributed by atoms with Gasteiger partial charge in [0.15, 0.2) is 0 Å². The van der Waals surface area contributed by atoms with Crippen molar-refractivity contribution >= 4 is 17.2 Å². The third-order valence-corrected chi connectivity index (χ3v) is 4.13. The number of carbonyl (C=O) groups is 1. The number of aryl methyl sites for hydroxylation is 2. The lowest BCUT2D eigenvalue weighted by Crippen LogP contribution is -2.29. The van der Waals surface area contributed by atoms with Crippen molar-refractivity contribution in [2.45, 2.75) is 52.0 Å². The minimum absolute atomic E-state index is 0.0908. The number of fused-ring (bicyclic) bond motifs is 1. The molecule has 0 radical (unpaired) electrons. The van der Waals surface area contributed by atoms with E-state index in [4.69, 9.17) is 0 Å². The molecule has 1 amide bonds. The monoisotopic (exact) mass is 237 g/mol. The van der Waals surface area contributed by atoms with Crippen molar-refractivity contribution in [2.75, 3.05) is 0 Å². The van der Waals surface area contributed by atoms with Crippen molar-refractivity contribution in [2.24, 2.45) is 0 Å². The van der Waals surface area contributed by atoms with Gasteiger partial charge in [0.1, 0.15) is 0 Å². The largest absolute Gasteiger partial charge is 0.349 e. The van der Waals surface area contributed by atoms with Gasteiger partial charge in [0, 0.05) is 10.9 Å². The molecule has 1 aromatic heterocycles. The van der Waals surface area contributed by atoms with Gasteiger partial charge in [0.25, 0.3) is 5.91 Å². The molecule has 0 fully saturated rings. The van der Waals surface area contributed by atoms with Crippen molar-refractivity contribution in [3.05, 3.63) is 21.4 Å². The summed E-state index contributed by atoms with van der Waals surface area (Å²) in [6.45, 7) is 3.99. The number of rotatable bonds is 2. The smallest absolute Gasteiger partial charge is 0.261 e. The van der Waals surface area contributed by atoms with Gasteiger partial charge in [-0.3, -0.25) is 4.79 Å². The molecule has 2 nitrogen and oxygen atoms in total. The molecule has 0 aromatic carbocycles. The normalized spacial score (nSPS) is 15.7. The van der Waals surface area contributed by atoms with Crippen LogP contribution in [0.5, 0.6) is 0 Å². The van der Waals surface area contributed by atoms with E-state index in [-0.39, 0.29) is 11.9 Å². The number of hydrogen-bond acceptors (Lipinski definition) is 2. The van der Waals surface area contributed by atoms with Crippen LogP contribution in [-0.4, -0.2) is 11.9 Å². The molecule has 0 unspecified atom stereocenters. The van der Waals surface area contributed by atoms with E-state index in [9.17, 15) is 4.79 Å². The summed E-state index contributed by atoms with van der Waals surface area (Å²) in [6.07, 6.45) is 6.19. The highest BCUT2D eigenvalue weighted by atomic mass is 32.1. The van der Waals surface area contributed by atoms with Crippen LogP contribution in [0.25, 0.3) is 0 Å². The average molecular weight is 237 g/mol. The Kier molecular flexibility index (Phi) is 3.64. The Bertz CT molecular complexity index is 358. The van der Waals surface area contributed by atoms with Crippen molar-refractivity contribution in [1.29, 1.82) is 0 Å². The third kappa shape index (κ3) is 2.64. The minimum Gasteiger partial charge on any atom is -0.349 e. The lowest BCUT2D eigenvalue weighted by Gasteiger charge is -2.05. The fourth-order valence-electron chi connectivity index (χ4n) is 2.11. The summed E-state index contributed by atoms with van der Waals surface area (Å²) in [5.74, 6) is 0.0908. The maximum absolute atomic E-state index is 11.9. The van der Waals surface area contributed by atoms with Gasteiger partial charge in [-0.25, -0.2) is 0 Å². The molecule has 0 atom stereocenters. The van der Waals surface area contributed by atoms with Crippen molar-refractivity contribution in [3.8, 4) is 0 Å². The van der Waals surface area contributed by atoms with E-state index in [1.807, 2.05) is 13.8 Å². The van der Waals surface area contributed by atoms with E-state index in [0.717, 1.165) is 17.7 Å². The molecule has 0 spiro atoms. The highest BCUT2D eigenvalue weighted by Crippen LogP contribution is 2.28. The molecule has 0 bridgehead atoms. The van der Waals surface area contributed by atoms with Crippen LogP contribution >= 0.6 is 11.3 Å². The summed E-state index contributed by atoms with van der Waals surface area (Å²) >= 11 is 1.69. The minimum atomic E-state index is 0.0908. The predicted octanol–water partition coefficient (Wildman–Crippen LogP) is 3.16. The van der Waals surface area contributed by atoms with Gasteiger partial charge in [-0.2, -0.15) is 0 Å². The van der Waals surface area contributed by atoms with Crippen LogP contribution in [-0.2, 0) is 12.8 Å². The van der Waals surface area contributed by atoms with Gasteiger partial charge >= 0.3 is 0 Å². The van der Waals surface area contributed by atoms with Crippen LogP contribution in [0.2, 0.25) is 0 Å². The van der Waals surface area contributed by atoms with Gasteiger partial charge in [0.2, 0.25) is 0 Å². The lowest BCUT2D eigenvalue weighted by molar-refractivity contribution is 0.0947. The van der Waals surface area contributed by atoms with Gasteiger partial charge in [0.05, 0.1) is 4.88 Å². The summed E-state index contributed by atoms with van der Waals surface area (Å²) in [6, 6.07) is 2.32. The summed E-state index contributed by atoms with van der Waals surface area (Å²) in [5, 5.41) is 2.96. The van der Waals surface area contributed by atoms with Crippen LogP contribution < -0.4 is 5.32 Å². The molecule has 2 rings (SSSR count). The molecule has 0 saturated carbocycles. The molecule has 0 aliphatic heterocycles. The van der Waals surface area contributed by atoms with Crippen LogP contribution in [0, 0.1) is 0 Å². The average Bonchev–Trinajstić information content (AvgIpc) is 2.49. The number of amides is 1. The zero-order valence-electron chi connectivity index (χ0n) is 10.0. The number of nitrogens with one attached hydrogen (secondary N) is 1. The SMILES string of the molecule is CC(C)NC(=O)c1cc2c(s1)CCCCC2. The maximum atomic E-state index is 11.9. The Balaban J connectivity index is 2.14. The quantitative estimate of drug-likeness (QED) is 0.787. The van der Waals surface area contributed by atoms with Gasteiger partial charge in [-0.05, 0) is 51.2 Å². The van der Waals surface area contributed by atoms with E-state index < -0.39 is 0 Å². The first-order chi connectivity index (χ1) is 7.66. The molecule has 1 aliphatic rings. The van der Waals surface area contributed by atoms with E-state index in [1.54, 1.807) is 11.3 Å². The van der Waals surface area contributed by atoms with E-state index >= 15 is 0 Å². The van der Waals surface area contributed by atoms with Gasteiger partial charge in [-0.1, -0.05) is 6.42 Å². The summed E-state index contributed by atoms with van der Waals surface area (Å²) in [7, 11) is 0. The molecule has 88 valence electrons. The first-order valence-electron chi connectivity index (χ1n) is 6.09. The van der Waals surface area contributed by atoms with E-state index in [1.165, 1.54) is 29.7 Å². The first kappa shape index (κ1) is 11.6. The molecule has 0 saturated heterocycles. The Labute approximate surface area is 101 Å². The second kappa shape index (κ2) is 5.00. The highest BCUT2D eigenvalue weighted by Gasteiger charge is 2.16. The predicted molar refractivity (Wildman–Crippen MR) is 68.2 cm³/mol. The summed E-state index contributed by atoms with van der Waals surface area (Å²) < 4.78 is 0. The first-order valence-corrected chi connectivity index (χ1v) is 6.91. The number of carbonyl (C=O) groups excluding carboxylic acids is 1. The Morgan fingerprint density at radius 3 is 2.81 bits per heavy atom. The molecule has 16 heavy (non-hydrogen) atoms. The van der Waals surface area contributed by atoms with Crippen molar-refractivity contribution < 1.29 is 4.79 Å². The summed E-state index contributed by atoms with van der Waals surface area (Å²) in [5.41, 5.74) is 1.41. The molecule has 1 N–H and O–H groups in total. The van der Waals surface area contributed by atoms with Crippen LogP contribution in [0.3, 0.4) is 0 Å².